The highest BCUT2D eigenvalue weighted by Gasteiger charge is 2.42. The van der Waals surface area contributed by atoms with Crippen LogP contribution in [0.4, 0.5) is 10.7 Å². The predicted molar refractivity (Wildman–Crippen MR) is 130 cm³/mol. The van der Waals surface area contributed by atoms with Gasteiger partial charge >= 0.3 is 5.97 Å². The average Bonchev–Trinajstić information content (AvgIpc) is 2.96. The van der Waals surface area contributed by atoms with Gasteiger partial charge in [-0.3, -0.25) is 0 Å². The van der Waals surface area contributed by atoms with Crippen molar-refractivity contribution in [3.8, 4) is 0 Å². The number of carbonyl (C=O) groups is 1. The Morgan fingerprint density at radius 1 is 1.30 bits per heavy atom. The Morgan fingerprint density at radius 3 is 2.67 bits per heavy atom. The van der Waals surface area contributed by atoms with E-state index < -0.39 is 0 Å². The first-order chi connectivity index (χ1) is 13.9. The quantitative estimate of drug-likeness (QED) is 0.388. The van der Waals surface area contributed by atoms with Gasteiger partial charge < -0.3 is 20.7 Å². The van der Waals surface area contributed by atoms with Crippen LogP contribution in [0.1, 0.15) is 61.0 Å². The number of anilines is 2. The van der Waals surface area contributed by atoms with Gasteiger partial charge in [-0.25, -0.2) is 4.79 Å². The molecular formula is C22H28ClN3O2S2. The van der Waals surface area contributed by atoms with Crippen molar-refractivity contribution in [1.29, 1.82) is 0 Å². The number of thiocarbonyl (C=S) groups is 1. The van der Waals surface area contributed by atoms with Gasteiger partial charge in [0.2, 0.25) is 0 Å². The highest BCUT2D eigenvalue weighted by molar-refractivity contribution is 7.80. The van der Waals surface area contributed by atoms with Gasteiger partial charge in [0.05, 0.1) is 12.2 Å². The molecule has 0 unspecified atom stereocenters. The summed E-state index contributed by atoms with van der Waals surface area (Å²) in [4.78, 5) is 14.0. The number of hydrogen-bond acceptors (Lipinski definition) is 5. The van der Waals surface area contributed by atoms with Gasteiger partial charge in [0, 0.05) is 26.7 Å². The second-order valence-corrected chi connectivity index (χ2v) is 10.5. The molecule has 1 aromatic carbocycles. The lowest BCUT2D eigenvalue weighted by atomic mass is 9.81. The lowest BCUT2D eigenvalue weighted by Gasteiger charge is -2.42. The summed E-state index contributed by atoms with van der Waals surface area (Å²) in [6.45, 7) is 12.6. The Labute approximate surface area is 192 Å². The number of halogens is 1. The Balaban J connectivity index is 1.98. The molecule has 3 N–H and O–H groups in total. The van der Waals surface area contributed by atoms with Gasteiger partial charge in [0.1, 0.15) is 5.00 Å². The number of benzene rings is 1. The van der Waals surface area contributed by atoms with E-state index in [0.29, 0.717) is 27.3 Å². The van der Waals surface area contributed by atoms with E-state index in [9.17, 15) is 4.79 Å². The fourth-order valence-electron chi connectivity index (χ4n) is 4.03. The van der Waals surface area contributed by atoms with E-state index >= 15 is 0 Å². The van der Waals surface area contributed by atoms with Crippen molar-refractivity contribution >= 4 is 56.9 Å². The van der Waals surface area contributed by atoms with E-state index in [1.165, 1.54) is 0 Å². The lowest BCUT2D eigenvalue weighted by molar-refractivity contribution is 0.0526. The van der Waals surface area contributed by atoms with Gasteiger partial charge in [-0.05, 0) is 83.4 Å². The van der Waals surface area contributed by atoms with E-state index in [1.54, 1.807) is 11.3 Å². The molecule has 2 heterocycles. The summed E-state index contributed by atoms with van der Waals surface area (Å²) < 4.78 is 5.39. The summed E-state index contributed by atoms with van der Waals surface area (Å²) in [6, 6.07) is 5.61. The molecule has 8 heteroatoms. The summed E-state index contributed by atoms with van der Waals surface area (Å²) in [5.74, 6) is -0.326. The van der Waals surface area contributed by atoms with Crippen LogP contribution in [0.3, 0.4) is 0 Å². The Kier molecular flexibility index (Phi) is 6.49. The molecule has 1 aromatic heterocycles. The molecule has 1 aliphatic rings. The molecule has 0 radical (unpaired) electrons. The van der Waals surface area contributed by atoms with Crippen LogP contribution in [0.25, 0.3) is 0 Å². The summed E-state index contributed by atoms with van der Waals surface area (Å²) >= 11 is 13.3. The van der Waals surface area contributed by atoms with Crippen LogP contribution in [0, 0.1) is 6.92 Å². The molecule has 0 amide bonds. The second-order valence-electron chi connectivity index (χ2n) is 8.64. The van der Waals surface area contributed by atoms with Crippen molar-refractivity contribution in [2.75, 3.05) is 17.2 Å². The molecule has 0 atom stereocenters. The van der Waals surface area contributed by atoms with E-state index in [4.69, 9.17) is 28.6 Å². The topological polar surface area (TPSA) is 62.4 Å². The van der Waals surface area contributed by atoms with Crippen LogP contribution in [0.15, 0.2) is 18.2 Å². The Bertz CT molecular complexity index is 999. The smallest absolute Gasteiger partial charge is 0.341 e. The highest BCUT2D eigenvalue weighted by Crippen LogP contribution is 2.45. The first kappa shape index (κ1) is 23.0. The van der Waals surface area contributed by atoms with Gasteiger partial charge in [-0.2, -0.15) is 0 Å². The van der Waals surface area contributed by atoms with E-state index in [-0.39, 0.29) is 17.0 Å². The number of hydrogen-bond donors (Lipinski definition) is 3. The zero-order chi connectivity index (χ0) is 22.3. The van der Waals surface area contributed by atoms with Crippen molar-refractivity contribution in [2.45, 2.75) is 59.0 Å². The molecule has 5 nitrogen and oxygen atoms in total. The van der Waals surface area contributed by atoms with E-state index in [0.717, 1.165) is 28.1 Å². The van der Waals surface area contributed by atoms with Crippen molar-refractivity contribution in [3.63, 3.8) is 0 Å². The molecule has 2 aromatic rings. The highest BCUT2D eigenvalue weighted by atomic mass is 35.5. The zero-order valence-corrected chi connectivity index (χ0v) is 20.5. The fraction of sp³-hybridized carbons (Fsp3) is 0.455. The molecule has 0 saturated heterocycles. The number of thiophene rings is 1. The molecule has 0 bridgehead atoms. The molecule has 30 heavy (non-hydrogen) atoms. The summed E-state index contributed by atoms with van der Waals surface area (Å²) in [7, 11) is 0. The minimum absolute atomic E-state index is 0.146. The van der Waals surface area contributed by atoms with Gasteiger partial charge in [0.25, 0.3) is 0 Å². The third-order valence-electron chi connectivity index (χ3n) is 5.07. The van der Waals surface area contributed by atoms with Gasteiger partial charge in [-0.1, -0.05) is 17.7 Å². The van der Waals surface area contributed by atoms with Gasteiger partial charge in [-0.15, -0.1) is 11.3 Å². The number of carbonyl (C=O) groups excluding carboxylic acids is 1. The van der Waals surface area contributed by atoms with E-state index in [2.05, 4.69) is 43.6 Å². The normalized spacial score (nSPS) is 16.5. The largest absolute Gasteiger partial charge is 0.462 e. The molecule has 1 aliphatic heterocycles. The standard InChI is InChI=1S/C22H28ClN3O2S2/c1-7-28-19(27)16-13-11-21(3,4)26-22(5,6)17(13)30-18(16)25-20(29)24-15-10-8-9-14(23)12(15)2/h8-10,26H,7,11H2,1-6H3,(H2,24,25,29). The van der Waals surface area contributed by atoms with Crippen molar-refractivity contribution in [1.82, 2.24) is 5.32 Å². The van der Waals surface area contributed by atoms with Crippen LogP contribution < -0.4 is 16.0 Å². The van der Waals surface area contributed by atoms with Crippen LogP contribution in [0.2, 0.25) is 5.02 Å². The predicted octanol–water partition coefficient (Wildman–Crippen LogP) is 5.85. The Morgan fingerprint density at radius 2 is 2.00 bits per heavy atom. The summed E-state index contributed by atoms with van der Waals surface area (Å²) in [5, 5.41) is 11.9. The molecule has 162 valence electrons. The third-order valence-corrected chi connectivity index (χ3v) is 7.15. The summed E-state index contributed by atoms with van der Waals surface area (Å²) in [5.41, 5.74) is 2.91. The molecule has 0 fully saturated rings. The fourth-order valence-corrected chi connectivity index (χ4v) is 5.75. The number of nitrogens with one attached hydrogen (secondary N) is 3. The number of fused-ring (bicyclic) bond motifs is 1. The first-order valence-corrected chi connectivity index (χ1v) is 11.5. The summed E-state index contributed by atoms with van der Waals surface area (Å²) in [6.07, 6.45) is 0.728. The van der Waals surface area contributed by atoms with E-state index in [1.807, 2.05) is 32.0 Å². The third kappa shape index (κ3) is 4.64. The van der Waals surface area contributed by atoms with Crippen molar-refractivity contribution in [3.05, 3.63) is 44.8 Å². The molecule has 0 saturated carbocycles. The monoisotopic (exact) mass is 465 g/mol. The van der Waals surface area contributed by atoms with Crippen LogP contribution >= 0.6 is 35.2 Å². The number of rotatable bonds is 4. The molecule has 0 spiro atoms. The van der Waals surface area contributed by atoms with Crippen molar-refractivity contribution < 1.29 is 9.53 Å². The number of esters is 1. The zero-order valence-electron chi connectivity index (χ0n) is 18.2. The van der Waals surface area contributed by atoms with Crippen LogP contribution in [-0.2, 0) is 16.7 Å². The maximum Gasteiger partial charge on any atom is 0.341 e. The number of ether oxygens (including phenoxy) is 1. The van der Waals surface area contributed by atoms with Crippen molar-refractivity contribution in [2.24, 2.45) is 0 Å². The average molecular weight is 466 g/mol. The minimum atomic E-state index is -0.326. The lowest BCUT2D eigenvalue weighted by Crippen LogP contribution is -2.55. The maximum atomic E-state index is 12.9. The van der Waals surface area contributed by atoms with Crippen LogP contribution in [0.5, 0.6) is 0 Å². The molecule has 3 rings (SSSR count). The van der Waals surface area contributed by atoms with Gasteiger partial charge in [0.15, 0.2) is 5.11 Å². The Hall–Kier alpha value is -1.67. The SMILES string of the molecule is CCOC(=O)c1c(NC(=S)Nc2cccc(Cl)c2C)sc2c1CC(C)(C)NC2(C)C. The minimum Gasteiger partial charge on any atom is -0.462 e. The molecular weight excluding hydrogens is 438 g/mol. The molecule has 0 aliphatic carbocycles. The second kappa shape index (κ2) is 8.46. The maximum absolute atomic E-state index is 12.9. The van der Waals surface area contributed by atoms with Crippen LogP contribution in [-0.4, -0.2) is 23.2 Å². The first-order valence-electron chi connectivity index (χ1n) is 9.91.